The first-order valence-electron chi connectivity index (χ1n) is 6.23. The van der Waals surface area contributed by atoms with Crippen LogP contribution in [0.2, 0.25) is 0 Å². The topological polar surface area (TPSA) is 52.7 Å². The third-order valence-corrected chi connectivity index (χ3v) is 3.76. The second kappa shape index (κ2) is 5.28. The summed E-state index contributed by atoms with van der Waals surface area (Å²) in [5.41, 5.74) is 2.89. The van der Waals surface area contributed by atoms with Crippen LogP contribution < -0.4 is 0 Å². The Labute approximate surface area is 120 Å². The Balaban J connectivity index is 2.53. The van der Waals surface area contributed by atoms with Gasteiger partial charge in [0.1, 0.15) is 5.69 Å². The van der Waals surface area contributed by atoms with Crippen molar-refractivity contribution >= 4 is 21.7 Å². The van der Waals surface area contributed by atoms with Gasteiger partial charge in [-0.2, -0.15) is 10.2 Å². The van der Waals surface area contributed by atoms with Crippen molar-refractivity contribution in [3.63, 3.8) is 0 Å². The van der Waals surface area contributed by atoms with Crippen molar-refractivity contribution in [3.05, 3.63) is 33.3 Å². The minimum atomic E-state index is -0.0269. The zero-order valence-corrected chi connectivity index (χ0v) is 13.2. The van der Waals surface area contributed by atoms with Crippen LogP contribution in [0.1, 0.15) is 40.8 Å². The standard InChI is InChI=1S/C13H17BrN4O/c1-5-6-18-12(10(14)7-15-18)13(19)11-8(2)16-17(4)9(11)3/h7H,5-6H2,1-4H3. The van der Waals surface area contributed by atoms with Crippen molar-refractivity contribution in [1.82, 2.24) is 19.6 Å². The van der Waals surface area contributed by atoms with E-state index in [4.69, 9.17) is 0 Å². The molecule has 0 saturated heterocycles. The highest BCUT2D eigenvalue weighted by Gasteiger charge is 2.24. The van der Waals surface area contributed by atoms with Gasteiger partial charge in [-0.25, -0.2) is 0 Å². The first-order valence-corrected chi connectivity index (χ1v) is 7.02. The molecule has 19 heavy (non-hydrogen) atoms. The van der Waals surface area contributed by atoms with E-state index in [9.17, 15) is 4.79 Å². The van der Waals surface area contributed by atoms with Gasteiger partial charge in [0.2, 0.25) is 5.78 Å². The molecule has 0 fully saturated rings. The predicted molar refractivity (Wildman–Crippen MR) is 76.3 cm³/mol. The van der Waals surface area contributed by atoms with Crippen LogP contribution in [0.5, 0.6) is 0 Å². The van der Waals surface area contributed by atoms with E-state index in [0.717, 1.165) is 28.8 Å². The lowest BCUT2D eigenvalue weighted by molar-refractivity contribution is 0.102. The first-order chi connectivity index (χ1) is 8.97. The lowest BCUT2D eigenvalue weighted by Crippen LogP contribution is -2.13. The van der Waals surface area contributed by atoms with E-state index in [0.29, 0.717) is 11.3 Å². The fraction of sp³-hybridized carbons (Fsp3) is 0.462. The highest BCUT2D eigenvalue weighted by atomic mass is 79.9. The van der Waals surface area contributed by atoms with Gasteiger partial charge < -0.3 is 0 Å². The predicted octanol–water partition coefficient (Wildman–Crippen LogP) is 2.64. The number of nitrogens with zero attached hydrogens (tertiary/aromatic N) is 4. The molecule has 2 aromatic rings. The SMILES string of the molecule is CCCn1ncc(Br)c1C(=O)c1c(C)nn(C)c1C. The molecule has 0 N–H and O–H groups in total. The Morgan fingerprint density at radius 2 is 2.11 bits per heavy atom. The lowest BCUT2D eigenvalue weighted by Gasteiger charge is -2.06. The van der Waals surface area contributed by atoms with Crippen LogP contribution in [-0.2, 0) is 13.6 Å². The molecule has 6 heteroatoms. The molecule has 102 valence electrons. The number of rotatable bonds is 4. The normalized spacial score (nSPS) is 11.0. The van der Waals surface area contributed by atoms with Crippen LogP contribution in [0.4, 0.5) is 0 Å². The average Bonchev–Trinajstić information content (AvgIpc) is 2.81. The van der Waals surface area contributed by atoms with Crippen molar-refractivity contribution in [2.75, 3.05) is 0 Å². The molecular formula is C13H17BrN4O. The summed E-state index contributed by atoms with van der Waals surface area (Å²) in [5, 5.41) is 8.54. The molecule has 0 unspecified atom stereocenters. The second-order valence-corrected chi connectivity index (χ2v) is 5.42. The summed E-state index contributed by atoms with van der Waals surface area (Å²) in [5.74, 6) is -0.0269. The molecule has 2 aromatic heterocycles. The highest BCUT2D eigenvalue weighted by Crippen LogP contribution is 2.23. The largest absolute Gasteiger partial charge is 0.287 e. The number of aryl methyl sites for hydroxylation is 3. The van der Waals surface area contributed by atoms with Crippen LogP contribution in [0, 0.1) is 13.8 Å². The molecule has 0 aliphatic rings. The maximum atomic E-state index is 12.7. The van der Waals surface area contributed by atoms with Crippen molar-refractivity contribution in [1.29, 1.82) is 0 Å². The lowest BCUT2D eigenvalue weighted by atomic mass is 10.1. The molecule has 0 radical (unpaired) electrons. The molecule has 5 nitrogen and oxygen atoms in total. The maximum absolute atomic E-state index is 12.7. The van der Waals surface area contributed by atoms with Gasteiger partial charge in [-0.05, 0) is 36.2 Å². The monoisotopic (exact) mass is 324 g/mol. The van der Waals surface area contributed by atoms with Crippen LogP contribution in [0.3, 0.4) is 0 Å². The van der Waals surface area contributed by atoms with Gasteiger partial charge in [0, 0.05) is 19.3 Å². The number of ketones is 1. The van der Waals surface area contributed by atoms with Gasteiger partial charge >= 0.3 is 0 Å². The van der Waals surface area contributed by atoms with E-state index in [1.165, 1.54) is 0 Å². The molecule has 2 rings (SSSR count). The van der Waals surface area contributed by atoms with Crippen molar-refractivity contribution < 1.29 is 4.79 Å². The zero-order chi connectivity index (χ0) is 14.2. The zero-order valence-electron chi connectivity index (χ0n) is 11.6. The molecule has 0 aromatic carbocycles. The highest BCUT2D eigenvalue weighted by molar-refractivity contribution is 9.10. The summed E-state index contributed by atoms with van der Waals surface area (Å²) >= 11 is 3.41. The van der Waals surface area contributed by atoms with Gasteiger partial charge in [0.15, 0.2) is 0 Å². The number of hydrogen-bond donors (Lipinski definition) is 0. The average molecular weight is 325 g/mol. The quantitative estimate of drug-likeness (QED) is 0.812. The number of halogens is 1. The maximum Gasteiger partial charge on any atom is 0.215 e. The van der Waals surface area contributed by atoms with Crippen LogP contribution in [0.15, 0.2) is 10.7 Å². The van der Waals surface area contributed by atoms with E-state index < -0.39 is 0 Å². The molecule has 2 heterocycles. The Morgan fingerprint density at radius 3 is 2.63 bits per heavy atom. The van der Waals surface area contributed by atoms with Crippen molar-refractivity contribution in [2.45, 2.75) is 33.7 Å². The van der Waals surface area contributed by atoms with Gasteiger partial charge in [-0.3, -0.25) is 14.2 Å². The summed E-state index contributed by atoms with van der Waals surface area (Å²) in [4.78, 5) is 12.7. The summed E-state index contributed by atoms with van der Waals surface area (Å²) < 4.78 is 4.21. The Hall–Kier alpha value is -1.43. The molecule has 0 atom stereocenters. The Bertz CT molecular complexity index is 627. The van der Waals surface area contributed by atoms with Crippen LogP contribution >= 0.6 is 15.9 Å². The third kappa shape index (κ3) is 2.36. The van der Waals surface area contributed by atoms with Gasteiger partial charge in [-0.1, -0.05) is 6.92 Å². The fourth-order valence-corrected chi connectivity index (χ4v) is 2.67. The minimum absolute atomic E-state index is 0.0269. The summed E-state index contributed by atoms with van der Waals surface area (Å²) in [6.45, 7) is 6.55. The molecular weight excluding hydrogens is 308 g/mol. The van der Waals surface area contributed by atoms with Gasteiger partial charge in [0.25, 0.3) is 0 Å². The van der Waals surface area contributed by atoms with E-state index in [1.807, 2.05) is 20.9 Å². The van der Waals surface area contributed by atoms with Crippen molar-refractivity contribution in [2.24, 2.45) is 7.05 Å². The van der Waals surface area contributed by atoms with Crippen LogP contribution in [0.25, 0.3) is 0 Å². The first kappa shape index (κ1) is 14.0. The smallest absolute Gasteiger partial charge is 0.215 e. The van der Waals surface area contributed by atoms with E-state index in [1.54, 1.807) is 15.6 Å². The number of hydrogen-bond acceptors (Lipinski definition) is 3. The Morgan fingerprint density at radius 1 is 1.42 bits per heavy atom. The fourth-order valence-electron chi connectivity index (χ4n) is 2.19. The van der Waals surface area contributed by atoms with E-state index >= 15 is 0 Å². The summed E-state index contributed by atoms with van der Waals surface area (Å²) in [6.07, 6.45) is 2.60. The Kier molecular flexibility index (Phi) is 3.89. The molecule has 0 amide bonds. The number of carbonyl (C=O) groups excluding carboxylic acids is 1. The number of aromatic nitrogens is 4. The molecule has 0 aliphatic carbocycles. The van der Waals surface area contributed by atoms with Gasteiger partial charge in [-0.15, -0.1) is 0 Å². The van der Waals surface area contributed by atoms with Gasteiger partial charge in [0.05, 0.1) is 21.9 Å². The molecule has 0 saturated carbocycles. The van der Waals surface area contributed by atoms with E-state index in [-0.39, 0.29) is 5.78 Å². The molecule has 0 spiro atoms. The molecule has 0 bridgehead atoms. The summed E-state index contributed by atoms with van der Waals surface area (Å²) in [6, 6.07) is 0. The minimum Gasteiger partial charge on any atom is -0.287 e. The third-order valence-electron chi connectivity index (χ3n) is 3.18. The number of carbonyl (C=O) groups is 1. The van der Waals surface area contributed by atoms with Crippen molar-refractivity contribution in [3.8, 4) is 0 Å². The second-order valence-electron chi connectivity index (χ2n) is 4.56. The van der Waals surface area contributed by atoms with E-state index in [2.05, 4.69) is 33.1 Å². The van der Waals surface area contributed by atoms with Crippen LogP contribution in [-0.4, -0.2) is 25.3 Å². The summed E-state index contributed by atoms with van der Waals surface area (Å²) in [7, 11) is 1.84. The molecule has 0 aliphatic heterocycles.